The highest BCUT2D eigenvalue weighted by molar-refractivity contribution is 5.80. The van der Waals surface area contributed by atoms with Crippen LogP contribution >= 0.6 is 0 Å². The molecule has 1 N–H and O–H groups in total. The van der Waals surface area contributed by atoms with E-state index < -0.39 is 0 Å². The Morgan fingerprint density at radius 2 is 2.24 bits per heavy atom. The third-order valence-corrected chi connectivity index (χ3v) is 3.12. The average Bonchev–Trinajstić information content (AvgIpc) is 2.82. The van der Waals surface area contributed by atoms with Crippen molar-refractivity contribution >= 4 is 10.9 Å². The van der Waals surface area contributed by atoms with Crippen molar-refractivity contribution in [1.29, 1.82) is 0 Å². The molecule has 0 spiro atoms. The molecule has 0 unspecified atom stereocenters. The summed E-state index contributed by atoms with van der Waals surface area (Å²) >= 11 is 0. The van der Waals surface area contributed by atoms with Gasteiger partial charge in [0.25, 0.3) is 0 Å². The SMILES string of the molecule is Cc1ccc2cc(O[C@@H]3CCNC3)ccc2n1. The quantitative estimate of drug-likeness (QED) is 0.856. The molecule has 3 heteroatoms. The summed E-state index contributed by atoms with van der Waals surface area (Å²) in [6.45, 7) is 4.01. The van der Waals surface area contributed by atoms with E-state index in [1.165, 1.54) is 0 Å². The molecule has 2 aromatic rings. The molecule has 0 saturated carbocycles. The van der Waals surface area contributed by atoms with Gasteiger partial charge in [-0.2, -0.15) is 0 Å². The van der Waals surface area contributed by atoms with Gasteiger partial charge in [-0.05, 0) is 44.2 Å². The lowest BCUT2D eigenvalue weighted by Gasteiger charge is -2.12. The van der Waals surface area contributed by atoms with Crippen LogP contribution in [0.2, 0.25) is 0 Å². The highest BCUT2D eigenvalue weighted by Gasteiger charge is 2.15. The van der Waals surface area contributed by atoms with Crippen molar-refractivity contribution in [3.8, 4) is 5.75 Å². The van der Waals surface area contributed by atoms with E-state index in [9.17, 15) is 0 Å². The minimum Gasteiger partial charge on any atom is -0.489 e. The minimum absolute atomic E-state index is 0.311. The lowest BCUT2D eigenvalue weighted by Crippen LogP contribution is -2.19. The second-order valence-corrected chi connectivity index (χ2v) is 4.54. The van der Waals surface area contributed by atoms with Gasteiger partial charge in [-0.1, -0.05) is 6.07 Å². The monoisotopic (exact) mass is 228 g/mol. The molecule has 3 rings (SSSR count). The first-order valence-electron chi connectivity index (χ1n) is 6.06. The maximum atomic E-state index is 5.92. The van der Waals surface area contributed by atoms with Crippen LogP contribution in [0, 0.1) is 6.92 Å². The van der Waals surface area contributed by atoms with Crippen LogP contribution in [0.3, 0.4) is 0 Å². The van der Waals surface area contributed by atoms with Crippen LogP contribution in [0.15, 0.2) is 30.3 Å². The van der Waals surface area contributed by atoms with Gasteiger partial charge < -0.3 is 10.1 Å². The van der Waals surface area contributed by atoms with Gasteiger partial charge in [-0.15, -0.1) is 0 Å². The van der Waals surface area contributed by atoms with E-state index in [1.807, 2.05) is 25.1 Å². The molecule has 1 aliphatic rings. The van der Waals surface area contributed by atoms with Crippen molar-refractivity contribution in [3.63, 3.8) is 0 Å². The number of fused-ring (bicyclic) bond motifs is 1. The van der Waals surface area contributed by atoms with E-state index in [0.29, 0.717) is 6.10 Å². The van der Waals surface area contributed by atoms with Crippen LogP contribution in [0.25, 0.3) is 10.9 Å². The summed E-state index contributed by atoms with van der Waals surface area (Å²) in [5.74, 6) is 0.942. The lowest BCUT2D eigenvalue weighted by atomic mass is 10.2. The van der Waals surface area contributed by atoms with E-state index in [4.69, 9.17) is 4.74 Å². The standard InChI is InChI=1S/C14H16N2O/c1-10-2-3-11-8-12(4-5-14(11)16-10)17-13-6-7-15-9-13/h2-5,8,13,15H,6-7,9H2,1H3/t13-/m1/s1. The molecular weight excluding hydrogens is 212 g/mol. The molecule has 0 radical (unpaired) electrons. The van der Waals surface area contributed by atoms with Crippen LogP contribution in [0.4, 0.5) is 0 Å². The van der Waals surface area contributed by atoms with Gasteiger partial charge in [0.05, 0.1) is 5.52 Å². The molecule has 88 valence electrons. The molecule has 1 saturated heterocycles. The fraction of sp³-hybridized carbons (Fsp3) is 0.357. The van der Waals surface area contributed by atoms with Crippen LogP contribution in [0.5, 0.6) is 5.75 Å². The number of nitrogens with one attached hydrogen (secondary N) is 1. The minimum atomic E-state index is 0.311. The predicted molar refractivity (Wildman–Crippen MR) is 68.4 cm³/mol. The molecular formula is C14H16N2O. The second kappa shape index (κ2) is 4.34. The molecule has 2 heterocycles. The lowest BCUT2D eigenvalue weighted by molar-refractivity contribution is 0.223. The summed E-state index contributed by atoms with van der Waals surface area (Å²) in [6.07, 6.45) is 1.40. The average molecular weight is 228 g/mol. The fourth-order valence-electron chi connectivity index (χ4n) is 2.20. The number of aromatic nitrogens is 1. The summed E-state index contributed by atoms with van der Waals surface area (Å²) in [5.41, 5.74) is 2.08. The van der Waals surface area contributed by atoms with Crippen LogP contribution in [-0.4, -0.2) is 24.2 Å². The van der Waals surface area contributed by atoms with Crippen molar-refractivity contribution < 1.29 is 4.74 Å². The molecule has 1 atom stereocenters. The number of hydrogen-bond donors (Lipinski definition) is 1. The fourth-order valence-corrected chi connectivity index (χ4v) is 2.20. The first kappa shape index (κ1) is 10.5. The van der Waals surface area contributed by atoms with Gasteiger partial charge in [-0.3, -0.25) is 4.98 Å². The zero-order chi connectivity index (χ0) is 11.7. The van der Waals surface area contributed by atoms with Crippen molar-refractivity contribution in [1.82, 2.24) is 10.3 Å². The smallest absolute Gasteiger partial charge is 0.120 e. The van der Waals surface area contributed by atoms with Gasteiger partial charge in [-0.25, -0.2) is 0 Å². The summed E-state index contributed by atoms with van der Waals surface area (Å²) in [6, 6.07) is 10.2. The number of pyridine rings is 1. The Balaban J connectivity index is 1.88. The molecule has 1 aromatic heterocycles. The van der Waals surface area contributed by atoms with Crippen molar-refractivity contribution in [3.05, 3.63) is 36.0 Å². The summed E-state index contributed by atoms with van der Waals surface area (Å²) in [7, 11) is 0. The summed E-state index contributed by atoms with van der Waals surface area (Å²) < 4.78 is 5.92. The molecule has 0 amide bonds. The highest BCUT2D eigenvalue weighted by atomic mass is 16.5. The zero-order valence-corrected chi connectivity index (χ0v) is 9.94. The Labute approximate surface area is 101 Å². The van der Waals surface area contributed by atoms with Gasteiger partial charge in [0.15, 0.2) is 0 Å². The topological polar surface area (TPSA) is 34.1 Å². The largest absolute Gasteiger partial charge is 0.489 e. The Morgan fingerprint density at radius 3 is 3.06 bits per heavy atom. The number of benzene rings is 1. The normalized spacial score (nSPS) is 19.7. The molecule has 3 nitrogen and oxygen atoms in total. The molecule has 0 bridgehead atoms. The predicted octanol–water partition coefficient (Wildman–Crippen LogP) is 2.28. The van der Waals surface area contributed by atoms with Crippen molar-refractivity contribution in [2.24, 2.45) is 0 Å². The molecule has 0 aliphatic carbocycles. The van der Waals surface area contributed by atoms with Crippen molar-refractivity contribution in [2.45, 2.75) is 19.4 Å². The second-order valence-electron chi connectivity index (χ2n) is 4.54. The Morgan fingerprint density at radius 1 is 1.29 bits per heavy atom. The van der Waals surface area contributed by atoms with Crippen LogP contribution in [0.1, 0.15) is 12.1 Å². The molecule has 1 aromatic carbocycles. The summed E-state index contributed by atoms with van der Waals surface area (Å²) in [5, 5.41) is 4.44. The van der Waals surface area contributed by atoms with Crippen molar-refractivity contribution in [2.75, 3.05) is 13.1 Å². The first-order valence-corrected chi connectivity index (χ1v) is 6.06. The van der Waals surface area contributed by atoms with Gasteiger partial charge >= 0.3 is 0 Å². The third-order valence-electron chi connectivity index (χ3n) is 3.12. The van der Waals surface area contributed by atoms with Gasteiger partial charge in [0.2, 0.25) is 0 Å². The Kier molecular flexibility index (Phi) is 2.69. The van der Waals surface area contributed by atoms with E-state index in [-0.39, 0.29) is 0 Å². The maximum absolute atomic E-state index is 5.92. The number of nitrogens with zero attached hydrogens (tertiary/aromatic N) is 1. The van der Waals surface area contributed by atoms with Gasteiger partial charge in [0.1, 0.15) is 11.9 Å². The summed E-state index contributed by atoms with van der Waals surface area (Å²) in [4.78, 5) is 4.48. The highest BCUT2D eigenvalue weighted by Crippen LogP contribution is 2.21. The van der Waals surface area contributed by atoms with Crippen LogP contribution < -0.4 is 10.1 Å². The Hall–Kier alpha value is -1.61. The first-order chi connectivity index (χ1) is 8.31. The maximum Gasteiger partial charge on any atom is 0.120 e. The van der Waals surface area contributed by atoms with E-state index in [0.717, 1.165) is 41.9 Å². The molecule has 1 aliphatic heterocycles. The van der Waals surface area contributed by atoms with Gasteiger partial charge in [0, 0.05) is 17.6 Å². The number of hydrogen-bond acceptors (Lipinski definition) is 3. The molecule has 17 heavy (non-hydrogen) atoms. The van der Waals surface area contributed by atoms with E-state index in [2.05, 4.69) is 22.4 Å². The van der Waals surface area contributed by atoms with E-state index >= 15 is 0 Å². The zero-order valence-electron chi connectivity index (χ0n) is 9.94. The number of aryl methyl sites for hydroxylation is 1. The van der Waals surface area contributed by atoms with Crippen LogP contribution in [-0.2, 0) is 0 Å². The molecule has 1 fully saturated rings. The van der Waals surface area contributed by atoms with E-state index in [1.54, 1.807) is 0 Å². The number of rotatable bonds is 2. The third kappa shape index (κ3) is 2.24. The Bertz CT molecular complexity index is 533. The number of ether oxygens (including phenoxy) is 1.